The van der Waals surface area contributed by atoms with Crippen molar-refractivity contribution in [2.24, 2.45) is 0 Å². The molecule has 0 spiro atoms. The lowest BCUT2D eigenvalue weighted by Gasteiger charge is -2.16. The van der Waals surface area contributed by atoms with E-state index in [0.717, 1.165) is 17.7 Å². The molecule has 0 unspecified atom stereocenters. The number of para-hydroxylation sites is 1. The molecule has 7 nitrogen and oxygen atoms in total. The quantitative estimate of drug-likeness (QED) is 0.668. The molecule has 0 fully saturated rings. The molecular formula is C18H17F3N2O5. The first-order valence-electron chi connectivity index (χ1n) is 7.73. The summed E-state index contributed by atoms with van der Waals surface area (Å²) in [6.07, 6.45) is 0. The largest absolute Gasteiger partial charge is 0.473 e. The predicted octanol–water partition coefficient (Wildman–Crippen LogP) is 2.33. The second-order valence-electron chi connectivity index (χ2n) is 5.55. The van der Waals surface area contributed by atoms with Gasteiger partial charge in [-0.1, -0.05) is 18.2 Å². The number of hydrogen-bond acceptors (Lipinski definition) is 4. The Bertz CT molecular complexity index is 811. The van der Waals surface area contributed by atoms with Gasteiger partial charge in [0.1, 0.15) is 23.1 Å². The lowest BCUT2D eigenvalue weighted by atomic mass is 10.2. The van der Waals surface area contributed by atoms with Gasteiger partial charge in [0.15, 0.2) is 0 Å². The van der Waals surface area contributed by atoms with Gasteiger partial charge >= 0.3 is 11.9 Å². The van der Waals surface area contributed by atoms with E-state index in [1.54, 1.807) is 24.1 Å². The van der Waals surface area contributed by atoms with E-state index in [1.807, 2.05) is 0 Å². The highest BCUT2D eigenvalue weighted by Crippen LogP contribution is 2.17. The van der Waals surface area contributed by atoms with Crippen molar-refractivity contribution in [3.8, 4) is 0 Å². The molecule has 3 N–H and O–H groups in total. The molecule has 0 aromatic heterocycles. The number of amides is 1. The normalized spacial score (nSPS) is 10.0. The fourth-order valence-electron chi connectivity index (χ4n) is 2.00. The second-order valence-corrected chi connectivity index (χ2v) is 5.55. The summed E-state index contributed by atoms with van der Waals surface area (Å²) in [5, 5.41) is 17.0. The van der Waals surface area contributed by atoms with E-state index in [1.165, 1.54) is 18.2 Å². The maximum absolute atomic E-state index is 13.4. The fraction of sp³-hybridized carbons (Fsp3) is 0.167. The summed E-state index contributed by atoms with van der Waals surface area (Å²) in [5.41, 5.74) is 0.372. The highest BCUT2D eigenvalue weighted by atomic mass is 19.1. The highest BCUT2D eigenvalue weighted by Gasteiger charge is 2.13. The van der Waals surface area contributed by atoms with Crippen LogP contribution >= 0.6 is 0 Å². The topological polar surface area (TPSA) is 107 Å². The number of nitrogens with zero attached hydrogens (tertiary/aromatic N) is 1. The third-order valence-corrected chi connectivity index (χ3v) is 3.19. The summed E-state index contributed by atoms with van der Waals surface area (Å²) in [6, 6.07) is 9.25. The van der Waals surface area contributed by atoms with Crippen molar-refractivity contribution in [2.45, 2.75) is 6.54 Å². The Labute approximate surface area is 158 Å². The third-order valence-electron chi connectivity index (χ3n) is 3.19. The van der Waals surface area contributed by atoms with Crippen molar-refractivity contribution in [2.75, 3.05) is 18.9 Å². The zero-order valence-corrected chi connectivity index (χ0v) is 14.7. The molecule has 28 heavy (non-hydrogen) atoms. The van der Waals surface area contributed by atoms with Crippen molar-refractivity contribution in [3.05, 3.63) is 65.5 Å². The zero-order chi connectivity index (χ0) is 21.3. The first-order chi connectivity index (χ1) is 13.1. The van der Waals surface area contributed by atoms with Gasteiger partial charge in [0, 0.05) is 6.54 Å². The summed E-state index contributed by atoms with van der Waals surface area (Å²) < 4.78 is 39.7. The van der Waals surface area contributed by atoms with Gasteiger partial charge < -0.3 is 15.5 Å². The summed E-state index contributed by atoms with van der Waals surface area (Å²) >= 11 is 0. The lowest BCUT2D eigenvalue weighted by molar-refractivity contribution is -0.159. The number of aliphatic carboxylic acids is 2. The minimum absolute atomic E-state index is 0.0504. The number of hydrogen-bond donors (Lipinski definition) is 3. The first-order valence-corrected chi connectivity index (χ1v) is 7.73. The molecule has 150 valence electrons. The molecule has 0 heterocycles. The number of carboxylic acid groups (broad SMARTS) is 2. The number of carbonyl (C=O) groups excluding carboxylic acids is 1. The Hall–Kier alpha value is -3.40. The van der Waals surface area contributed by atoms with Gasteiger partial charge in [-0.2, -0.15) is 0 Å². The van der Waals surface area contributed by atoms with Crippen LogP contribution in [0.4, 0.5) is 18.9 Å². The van der Waals surface area contributed by atoms with Crippen LogP contribution in [-0.2, 0) is 20.9 Å². The minimum Gasteiger partial charge on any atom is -0.473 e. The van der Waals surface area contributed by atoms with Crippen LogP contribution in [-0.4, -0.2) is 46.6 Å². The summed E-state index contributed by atoms with van der Waals surface area (Å²) in [5.74, 6) is -6.16. The number of anilines is 1. The molecule has 0 saturated carbocycles. The maximum atomic E-state index is 13.4. The summed E-state index contributed by atoms with van der Waals surface area (Å²) in [6.45, 7) is 0.360. The van der Waals surface area contributed by atoms with Gasteiger partial charge in [-0.3, -0.25) is 9.69 Å². The van der Waals surface area contributed by atoms with Crippen molar-refractivity contribution in [1.82, 2.24) is 4.90 Å². The number of benzene rings is 2. The summed E-state index contributed by atoms with van der Waals surface area (Å²) in [7, 11) is 1.68. The summed E-state index contributed by atoms with van der Waals surface area (Å²) in [4.78, 5) is 31.7. The molecule has 1 amide bonds. The van der Waals surface area contributed by atoms with Crippen LogP contribution < -0.4 is 5.32 Å². The molecule has 2 aromatic rings. The van der Waals surface area contributed by atoms with Gasteiger partial charge in [-0.15, -0.1) is 0 Å². The Morgan fingerprint density at radius 2 is 1.43 bits per heavy atom. The number of carbonyl (C=O) groups is 3. The first kappa shape index (κ1) is 22.6. The smallest absolute Gasteiger partial charge is 0.414 e. The second kappa shape index (κ2) is 10.7. The Balaban J connectivity index is 0.000000568. The van der Waals surface area contributed by atoms with E-state index in [2.05, 4.69) is 5.32 Å². The molecule has 0 aliphatic heterocycles. The van der Waals surface area contributed by atoms with E-state index < -0.39 is 35.2 Å². The van der Waals surface area contributed by atoms with Gasteiger partial charge in [0.05, 0.1) is 6.54 Å². The van der Waals surface area contributed by atoms with Gasteiger partial charge in [0.2, 0.25) is 5.91 Å². The van der Waals surface area contributed by atoms with Crippen molar-refractivity contribution >= 4 is 23.5 Å². The average molecular weight is 398 g/mol. The number of rotatable bonds is 5. The van der Waals surface area contributed by atoms with E-state index in [9.17, 15) is 18.0 Å². The molecule has 10 heteroatoms. The molecule has 0 aliphatic carbocycles. The monoisotopic (exact) mass is 398 g/mol. The number of likely N-dealkylation sites (N-methyl/N-ethyl adjacent to an activating group) is 1. The number of halogens is 3. The van der Waals surface area contributed by atoms with Crippen LogP contribution in [0.5, 0.6) is 0 Å². The highest BCUT2D eigenvalue weighted by molar-refractivity contribution is 6.27. The van der Waals surface area contributed by atoms with Crippen LogP contribution in [0, 0.1) is 17.5 Å². The Morgan fingerprint density at radius 1 is 0.929 bits per heavy atom. The average Bonchev–Trinajstić information content (AvgIpc) is 2.60. The number of nitrogens with one attached hydrogen (secondary N) is 1. The molecule has 0 bridgehead atoms. The lowest BCUT2D eigenvalue weighted by Crippen LogP contribution is -2.30. The standard InChI is InChI=1S/C16H15F3N2O.C2H2O4/c1-21(9-11-5-7-12(17)8-6-11)10-15(22)20-16-13(18)3-2-4-14(16)19;3-1(4)2(5)6/h2-8H,9-10H2,1H3,(H,20,22);(H,3,4)(H,5,6). The molecule has 0 aliphatic rings. The van der Waals surface area contributed by atoms with Crippen LogP contribution in [0.2, 0.25) is 0 Å². The van der Waals surface area contributed by atoms with Crippen LogP contribution in [0.25, 0.3) is 0 Å². The van der Waals surface area contributed by atoms with Crippen molar-refractivity contribution in [3.63, 3.8) is 0 Å². The zero-order valence-electron chi connectivity index (χ0n) is 14.7. The Kier molecular flexibility index (Phi) is 8.63. The van der Waals surface area contributed by atoms with Gasteiger partial charge in [-0.05, 0) is 36.9 Å². The molecule has 2 rings (SSSR count). The van der Waals surface area contributed by atoms with E-state index in [0.29, 0.717) is 6.54 Å². The molecule has 2 aromatic carbocycles. The van der Waals surface area contributed by atoms with E-state index in [4.69, 9.17) is 19.8 Å². The molecular weight excluding hydrogens is 381 g/mol. The van der Waals surface area contributed by atoms with E-state index in [-0.39, 0.29) is 12.4 Å². The predicted molar refractivity (Wildman–Crippen MR) is 93.0 cm³/mol. The SMILES string of the molecule is CN(CC(=O)Nc1c(F)cccc1F)Cc1ccc(F)cc1.O=C(O)C(=O)O. The van der Waals surface area contributed by atoms with Crippen molar-refractivity contribution in [1.29, 1.82) is 0 Å². The van der Waals surface area contributed by atoms with Gasteiger partial charge in [-0.25, -0.2) is 22.8 Å². The van der Waals surface area contributed by atoms with Crippen LogP contribution in [0.15, 0.2) is 42.5 Å². The van der Waals surface area contributed by atoms with E-state index >= 15 is 0 Å². The van der Waals surface area contributed by atoms with Gasteiger partial charge in [0.25, 0.3) is 0 Å². The third kappa shape index (κ3) is 7.87. The molecule has 0 radical (unpaired) electrons. The maximum Gasteiger partial charge on any atom is 0.414 e. The van der Waals surface area contributed by atoms with Crippen molar-refractivity contribution < 1.29 is 37.8 Å². The molecule has 0 atom stereocenters. The molecule has 0 saturated heterocycles. The minimum atomic E-state index is -1.82. The fourth-order valence-corrected chi connectivity index (χ4v) is 2.00. The van der Waals surface area contributed by atoms with Crippen LogP contribution in [0.1, 0.15) is 5.56 Å². The van der Waals surface area contributed by atoms with Crippen LogP contribution in [0.3, 0.4) is 0 Å². The Morgan fingerprint density at radius 3 is 1.89 bits per heavy atom. The number of carboxylic acids is 2.